The van der Waals surface area contributed by atoms with Gasteiger partial charge in [-0.15, -0.1) is 5.10 Å². The zero-order valence-corrected chi connectivity index (χ0v) is 14.0. The predicted octanol–water partition coefficient (Wildman–Crippen LogP) is 3.08. The van der Waals surface area contributed by atoms with E-state index in [0.29, 0.717) is 11.3 Å². The largest absolute Gasteiger partial charge is 0.491 e. The van der Waals surface area contributed by atoms with Gasteiger partial charge in [-0.2, -0.15) is 9.67 Å². The Morgan fingerprint density at radius 1 is 1.12 bits per heavy atom. The third-order valence-electron chi connectivity index (χ3n) is 3.33. The standard InChI is InChI=1S/C18H19N5O2/c1-12(2)25-15-10-8-13(9-11-15)16(24)23-17(19)21-18(22-23)20-14-6-4-3-5-7-14/h3-12H,1-2H3,(H3,19,20,21,22). The van der Waals surface area contributed by atoms with Crippen LogP contribution < -0.4 is 15.8 Å². The van der Waals surface area contributed by atoms with Crippen LogP contribution in [-0.2, 0) is 0 Å². The fraction of sp³-hybridized carbons (Fsp3) is 0.167. The van der Waals surface area contributed by atoms with E-state index in [0.717, 1.165) is 10.4 Å². The van der Waals surface area contributed by atoms with Gasteiger partial charge in [0.25, 0.3) is 5.91 Å². The van der Waals surface area contributed by atoms with Crippen molar-refractivity contribution in [2.45, 2.75) is 20.0 Å². The zero-order valence-electron chi connectivity index (χ0n) is 14.0. The summed E-state index contributed by atoms with van der Waals surface area (Å²) in [6.45, 7) is 3.88. The van der Waals surface area contributed by atoms with Crippen LogP contribution in [0.15, 0.2) is 54.6 Å². The second-order valence-electron chi connectivity index (χ2n) is 5.69. The van der Waals surface area contributed by atoms with Crippen LogP contribution in [0.4, 0.5) is 17.6 Å². The Hall–Kier alpha value is -3.35. The molecular formula is C18H19N5O2. The summed E-state index contributed by atoms with van der Waals surface area (Å²) in [5, 5.41) is 7.15. The third kappa shape index (κ3) is 3.95. The lowest BCUT2D eigenvalue weighted by Gasteiger charge is -2.09. The summed E-state index contributed by atoms with van der Waals surface area (Å²) >= 11 is 0. The van der Waals surface area contributed by atoms with Gasteiger partial charge in [-0.25, -0.2) is 0 Å². The molecule has 0 aliphatic carbocycles. The van der Waals surface area contributed by atoms with Crippen LogP contribution in [0.3, 0.4) is 0 Å². The number of anilines is 3. The second-order valence-corrected chi connectivity index (χ2v) is 5.69. The third-order valence-corrected chi connectivity index (χ3v) is 3.33. The van der Waals surface area contributed by atoms with Crippen molar-refractivity contribution in [3.8, 4) is 5.75 Å². The molecule has 0 amide bonds. The number of nitrogens with two attached hydrogens (primary N) is 1. The van der Waals surface area contributed by atoms with E-state index in [1.54, 1.807) is 24.3 Å². The fourth-order valence-electron chi connectivity index (χ4n) is 2.25. The fourth-order valence-corrected chi connectivity index (χ4v) is 2.25. The van der Waals surface area contributed by atoms with Crippen LogP contribution in [0.1, 0.15) is 24.2 Å². The number of rotatable bonds is 5. The topological polar surface area (TPSA) is 95.1 Å². The van der Waals surface area contributed by atoms with E-state index < -0.39 is 0 Å². The smallest absolute Gasteiger partial charge is 0.281 e. The monoisotopic (exact) mass is 337 g/mol. The molecule has 25 heavy (non-hydrogen) atoms. The molecule has 1 heterocycles. The summed E-state index contributed by atoms with van der Waals surface area (Å²) < 4.78 is 6.64. The summed E-state index contributed by atoms with van der Waals surface area (Å²) in [5.41, 5.74) is 7.08. The maximum Gasteiger partial charge on any atom is 0.281 e. The average molecular weight is 337 g/mol. The molecule has 0 radical (unpaired) electrons. The Labute approximate surface area is 145 Å². The number of hydrogen-bond donors (Lipinski definition) is 2. The minimum Gasteiger partial charge on any atom is -0.491 e. The minimum atomic E-state index is -0.359. The van der Waals surface area contributed by atoms with E-state index in [2.05, 4.69) is 15.4 Å². The highest BCUT2D eigenvalue weighted by Gasteiger charge is 2.16. The first-order valence-corrected chi connectivity index (χ1v) is 7.89. The van der Waals surface area contributed by atoms with E-state index in [4.69, 9.17) is 10.5 Å². The number of nitrogen functional groups attached to an aromatic ring is 1. The highest BCUT2D eigenvalue weighted by Crippen LogP contribution is 2.17. The Balaban J connectivity index is 1.78. The Morgan fingerprint density at radius 2 is 1.80 bits per heavy atom. The number of nitrogens with zero attached hydrogens (tertiary/aromatic N) is 3. The molecule has 0 unspecified atom stereocenters. The number of carbonyl (C=O) groups excluding carboxylic acids is 1. The quantitative estimate of drug-likeness (QED) is 0.743. The van der Waals surface area contributed by atoms with Crippen LogP contribution in [0.25, 0.3) is 0 Å². The van der Waals surface area contributed by atoms with Crippen LogP contribution in [0.2, 0.25) is 0 Å². The van der Waals surface area contributed by atoms with Crippen molar-refractivity contribution < 1.29 is 9.53 Å². The highest BCUT2D eigenvalue weighted by atomic mass is 16.5. The van der Waals surface area contributed by atoms with Crippen molar-refractivity contribution in [2.24, 2.45) is 0 Å². The van der Waals surface area contributed by atoms with Gasteiger partial charge >= 0.3 is 0 Å². The molecule has 0 saturated carbocycles. The zero-order chi connectivity index (χ0) is 17.8. The van der Waals surface area contributed by atoms with Crippen molar-refractivity contribution in [2.75, 3.05) is 11.1 Å². The molecule has 0 atom stereocenters. The van der Waals surface area contributed by atoms with Gasteiger partial charge in [-0.3, -0.25) is 4.79 Å². The van der Waals surface area contributed by atoms with Crippen molar-refractivity contribution in [3.05, 3.63) is 60.2 Å². The highest BCUT2D eigenvalue weighted by molar-refractivity contribution is 5.97. The van der Waals surface area contributed by atoms with Crippen molar-refractivity contribution in [3.63, 3.8) is 0 Å². The predicted molar refractivity (Wildman–Crippen MR) is 96.1 cm³/mol. The molecule has 2 aromatic carbocycles. The molecule has 1 aromatic heterocycles. The van der Waals surface area contributed by atoms with Crippen LogP contribution in [0, 0.1) is 0 Å². The Bertz CT molecular complexity index is 857. The molecule has 0 aliphatic heterocycles. The molecule has 0 saturated heterocycles. The first kappa shape index (κ1) is 16.5. The second kappa shape index (κ2) is 7.04. The molecule has 3 rings (SSSR count). The molecular weight excluding hydrogens is 318 g/mol. The van der Waals surface area contributed by atoms with Gasteiger partial charge in [-0.05, 0) is 50.2 Å². The SMILES string of the molecule is CC(C)Oc1ccc(C(=O)n2nc(Nc3ccccc3)nc2N)cc1. The molecule has 7 heteroatoms. The first-order chi connectivity index (χ1) is 12.0. The van der Waals surface area contributed by atoms with E-state index in [-0.39, 0.29) is 23.9 Å². The molecule has 0 aliphatic rings. The molecule has 128 valence electrons. The Morgan fingerprint density at radius 3 is 2.44 bits per heavy atom. The lowest BCUT2D eigenvalue weighted by atomic mass is 10.2. The van der Waals surface area contributed by atoms with E-state index >= 15 is 0 Å². The summed E-state index contributed by atoms with van der Waals surface area (Å²) in [6.07, 6.45) is 0.0686. The molecule has 0 bridgehead atoms. The average Bonchev–Trinajstić information content (AvgIpc) is 2.95. The van der Waals surface area contributed by atoms with Crippen LogP contribution in [0.5, 0.6) is 5.75 Å². The summed E-state index contributed by atoms with van der Waals surface area (Å²) in [4.78, 5) is 16.7. The summed E-state index contributed by atoms with van der Waals surface area (Å²) in [5.74, 6) is 0.620. The number of hydrogen-bond acceptors (Lipinski definition) is 6. The maximum atomic E-state index is 12.6. The number of carbonyl (C=O) groups is 1. The van der Waals surface area contributed by atoms with Gasteiger partial charge in [0.05, 0.1) is 6.10 Å². The van der Waals surface area contributed by atoms with E-state index in [1.165, 1.54) is 0 Å². The number of aromatic nitrogens is 3. The number of ether oxygens (including phenoxy) is 1. The van der Waals surface area contributed by atoms with Gasteiger partial charge in [0.1, 0.15) is 5.75 Å². The normalized spacial score (nSPS) is 10.7. The molecule has 3 N–H and O–H groups in total. The molecule has 0 fully saturated rings. The lowest BCUT2D eigenvalue weighted by molar-refractivity contribution is 0.0948. The maximum absolute atomic E-state index is 12.6. The van der Waals surface area contributed by atoms with Gasteiger partial charge in [0.15, 0.2) is 0 Å². The summed E-state index contributed by atoms with van der Waals surface area (Å²) in [7, 11) is 0. The molecule has 0 spiro atoms. The van der Waals surface area contributed by atoms with E-state index in [9.17, 15) is 4.79 Å². The van der Waals surface area contributed by atoms with Crippen LogP contribution >= 0.6 is 0 Å². The van der Waals surface area contributed by atoms with Crippen molar-refractivity contribution >= 4 is 23.5 Å². The van der Waals surface area contributed by atoms with Crippen molar-refractivity contribution in [1.29, 1.82) is 0 Å². The number of nitrogens with one attached hydrogen (secondary N) is 1. The molecule has 3 aromatic rings. The van der Waals surface area contributed by atoms with Crippen molar-refractivity contribution in [1.82, 2.24) is 14.8 Å². The van der Waals surface area contributed by atoms with Gasteiger partial charge in [0.2, 0.25) is 11.9 Å². The van der Waals surface area contributed by atoms with Gasteiger partial charge in [-0.1, -0.05) is 18.2 Å². The number of para-hydroxylation sites is 1. The minimum absolute atomic E-state index is 0.0194. The Kier molecular flexibility index (Phi) is 4.65. The van der Waals surface area contributed by atoms with Gasteiger partial charge in [0, 0.05) is 11.3 Å². The first-order valence-electron chi connectivity index (χ1n) is 7.89. The lowest BCUT2D eigenvalue weighted by Crippen LogP contribution is -2.16. The van der Waals surface area contributed by atoms with Gasteiger partial charge < -0.3 is 15.8 Å². The van der Waals surface area contributed by atoms with E-state index in [1.807, 2.05) is 44.2 Å². The molecule has 7 nitrogen and oxygen atoms in total. The van der Waals surface area contributed by atoms with Crippen LogP contribution in [-0.4, -0.2) is 26.8 Å². The summed E-state index contributed by atoms with van der Waals surface area (Å²) in [6, 6.07) is 16.2. The number of benzene rings is 2.